The van der Waals surface area contributed by atoms with Gasteiger partial charge in [-0.15, -0.1) is 0 Å². The smallest absolute Gasteiger partial charge is 0.311 e. The van der Waals surface area contributed by atoms with Crippen LogP contribution in [0.2, 0.25) is 0 Å². The zero-order valence-electron chi connectivity index (χ0n) is 11.7. The highest BCUT2D eigenvalue weighted by Crippen LogP contribution is 2.49. The first-order valence-corrected chi connectivity index (χ1v) is 7.03. The molecule has 0 radical (unpaired) electrons. The minimum Gasteiger partial charge on any atom is -0.481 e. The van der Waals surface area contributed by atoms with Gasteiger partial charge in [-0.3, -0.25) is 4.79 Å². The molecule has 2 rings (SSSR count). The van der Waals surface area contributed by atoms with Crippen molar-refractivity contribution in [3.63, 3.8) is 0 Å². The Morgan fingerprint density at radius 2 is 1.89 bits per heavy atom. The molecule has 1 aromatic rings. The second kappa shape index (κ2) is 5.33. The van der Waals surface area contributed by atoms with E-state index in [0.29, 0.717) is 18.8 Å². The van der Waals surface area contributed by atoms with Crippen LogP contribution in [0.3, 0.4) is 0 Å². The summed E-state index contributed by atoms with van der Waals surface area (Å²) in [5, 5.41) is 9.41. The van der Waals surface area contributed by atoms with Crippen molar-refractivity contribution in [2.75, 3.05) is 0 Å². The molecule has 3 N–H and O–H groups in total. The number of carbonyl (C=O) groups is 1. The Hall–Kier alpha value is -1.35. The monoisotopic (exact) mass is 261 g/mol. The lowest BCUT2D eigenvalue weighted by Gasteiger charge is -2.42. The molecule has 19 heavy (non-hydrogen) atoms. The summed E-state index contributed by atoms with van der Waals surface area (Å²) >= 11 is 0. The van der Waals surface area contributed by atoms with Crippen LogP contribution in [0, 0.1) is 11.3 Å². The number of benzene rings is 1. The molecule has 3 heteroatoms. The van der Waals surface area contributed by atoms with E-state index in [1.54, 1.807) is 0 Å². The van der Waals surface area contributed by atoms with Crippen LogP contribution < -0.4 is 5.73 Å². The Morgan fingerprint density at radius 3 is 2.26 bits per heavy atom. The third kappa shape index (κ3) is 2.66. The number of aliphatic carboxylic acids is 1. The first kappa shape index (κ1) is 14.1. The van der Waals surface area contributed by atoms with Crippen molar-refractivity contribution in [3.05, 3.63) is 35.4 Å². The summed E-state index contributed by atoms with van der Waals surface area (Å²) in [4.78, 5) is 11.5. The second-order valence-corrected chi connectivity index (χ2v) is 6.13. The van der Waals surface area contributed by atoms with Crippen LogP contribution in [0.15, 0.2) is 24.3 Å². The fraction of sp³-hybridized carbons (Fsp3) is 0.562. The molecule has 1 fully saturated rings. The molecular formula is C16H23NO2. The van der Waals surface area contributed by atoms with Gasteiger partial charge in [-0.05, 0) is 36.3 Å². The van der Waals surface area contributed by atoms with Crippen molar-refractivity contribution in [1.82, 2.24) is 0 Å². The normalized spacial score (nSPS) is 18.9. The van der Waals surface area contributed by atoms with Gasteiger partial charge < -0.3 is 10.8 Å². The molecular weight excluding hydrogens is 238 g/mol. The molecule has 3 nitrogen and oxygen atoms in total. The average Bonchev–Trinajstić information content (AvgIpc) is 2.26. The average molecular weight is 261 g/mol. The topological polar surface area (TPSA) is 63.3 Å². The summed E-state index contributed by atoms with van der Waals surface area (Å²) in [5.41, 5.74) is 7.69. The number of hydrogen-bond acceptors (Lipinski definition) is 2. The van der Waals surface area contributed by atoms with E-state index in [1.807, 2.05) is 12.1 Å². The molecule has 0 bridgehead atoms. The molecule has 0 aliphatic heterocycles. The highest BCUT2D eigenvalue weighted by molar-refractivity contribution is 5.77. The van der Waals surface area contributed by atoms with Gasteiger partial charge in [-0.2, -0.15) is 0 Å². The second-order valence-electron chi connectivity index (χ2n) is 6.13. The predicted octanol–water partition coefficient (Wildman–Crippen LogP) is 3.14. The largest absolute Gasteiger partial charge is 0.481 e. The van der Waals surface area contributed by atoms with Gasteiger partial charge in [0.15, 0.2) is 0 Å². The van der Waals surface area contributed by atoms with E-state index in [0.717, 1.165) is 18.4 Å². The van der Waals surface area contributed by atoms with E-state index < -0.39 is 17.4 Å². The molecule has 0 spiro atoms. The Morgan fingerprint density at radius 1 is 1.32 bits per heavy atom. The van der Waals surface area contributed by atoms with Crippen LogP contribution in [0.5, 0.6) is 0 Å². The minimum atomic E-state index is -0.752. The van der Waals surface area contributed by atoms with Crippen LogP contribution in [0.1, 0.15) is 50.3 Å². The molecule has 1 saturated carbocycles. The molecule has 1 aromatic carbocycles. The highest BCUT2D eigenvalue weighted by Gasteiger charge is 2.49. The van der Waals surface area contributed by atoms with Gasteiger partial charge in [0, 0.05) is 6.04 Å². The fourth-order valence-electron chi connectivity index (χ4n) is 2.87. The summed E-state index contributed by atoms with van der Waals surface area (Å²) in [6.45, 7) is 4.38. The number of rotatable bonds is 5. The summed E-state index contributed by atoms with van der Waals surface area (Å²) in [6.07, 6.45) is 3.39. The summed E-state index contributed by atoms with van der Waals surface area (Å²) in [7, 11) is 0. The van der Waals surface area contributed by atoms with E-state index >= 15 is 0 Å². The van der Waals surface area contributed by atoms with Gasteiger partial charge in [-0.1, -0.05) is 44.5 Å². The molecule has 1 aliphatic rings. The van der Waals surface area contributed by atoms with Crippen molar-refractivity contribution in [2.45, 2.75) is 45.6 Å². The van der Waals surface area contributed by atoms with E-state index in [1.165, 1.54) is 5.56 Å². The maximum Gasteiger partial charge on any atom is 0.311 e. The fourth-order valence-corrected chi connectivity index (χ4v) is 2.87. The van der Waals surface area contributed by atoms with Gasteiger partial charge >= 0.3 is 5.97 Å². The highest BCUT2D eigenvalue weighted by atomic mass is 16.4. The summed E-state index contributed by atoms with van der Waals surface area (Å²) < 4.78 is 0. The summed E-state index contributed by atoms with van der Waals surface area (Å²) in [5.74, 6) is -0.131. The zero-order chi connectivity index (χ0) is 14.0. The first-order valence-electron chi connectivity index (χ1n) is 7.03. The Balaban J connectivity index is 2.15. The third-order valence-electron chi connectivity index (χ3n) is 4.25. The Kier molecular flexibility index (Phi) is 3.95. The van der Waals surface area contributed by atoms with Crippen molar-refractivity contribution in [1.29, 1.82) is 0 Å². The van der Waals surface area contributed by atoms with E-state index in [9.17, 15) is 9.90 Å². The van der Waals surface area contributed by atoms with Crippen LogP contribution in [-0.4, -0.2) is 11.1 Å². The van der Waals surface area contributed by atoms with E-state index in [-0.39, 0.29) is 0 Å². The molecule has 0 aromatic heterocycles. The van der Waals surface area contributed by atoms with Gasteiger partial charge in [0.2, 0.25) is 0 Å². The summed E-state index contributed by atoms with van der Waals surface area (Å²) in [6, 6.07) is 7.73. The SMILES string of the molecule is CC(C)Cc1ccc(C(N)C2(C(=O)O)CCC2)cc1. The van der Waals surface area contributed by atoms with Crippen LogP contribution >= 0.6 is 0 Å². The molecule has 0 saturated heterocycles. The first-order chi connectivity index (χ1) is 8.95. The quantitative estimate of drug-likeness (QED) is 0.856. The minimum absolute atomic E-state index is 0.396. The van der Waals surface area contributed by atoms with Gasteiger partial charge in [0.1, 0.15) is 0 Å². The zero-order valence-corrected chi connectivity index (χ0v) is 11.7. The lowest BCUT2D eigenvalue weighted by molar-refractivity contribution is -0.156. The van der Waals surface area contributed by atoms with Crippen LogP contribution in [-0.2, 0) is 11.2 Å². The Bertz CT molecular complexity index is 446. The third-order valence-corrected chi connectivity index (χ3v) is 4.25. The maximum atomic E-state index is 11.5. The van der Waals surface area contributed by atoms with Gasteiger partial charge in [0.05, 0.1) is 5.41 Å². The molecule has 1 unspecified atom stereocenters. The maximum absolute atomic E-state index is 11.5. The number of hydrogen-bond donors (Lipinski definition) is 2. The van der Waals surface area contributed by atoms with Gasteiger partial charge in [-0.25, -0.2) is 0 Å². The number of carboxylic acids is 1. The molecule has 1 atom stereocenters. The Labute approximate surface area is 114 Å². The van der Waals surface area contributed by atoms with E-state index in [2.05, 4.69) is 26.0 Å². The number of carboxylic acid groups (broad SMARTS) is 1. The lowest BCUT2D eigenvalue weighted by Crippen LogP contribution is -2.46. The molecule has 104 valence electrons. The van der Waals surface area contributed by atoms with Crippen LogP contribution in [0.4, 0.5) is 0 Å². The predicted molar refractivity (Wildman–Crippen MR) is 75.8 cm³/mol. The van der Waals surface area contributed by atoms with Crippen LogP contribution in [0.25, 0.3) is 0 Å². The number of nitrogens with two attached hydrogens (primary N) is 1. The van der Waals surface area contributed by atoms with Gasteiger partial charge in [0.25, 0.3) is 0 Å². The van der Waals surface area contributed by atoms with E-state index in [4.69, 9.17) is 5.73 Å². The van der Waals surface area contributed by atoms with Crippen molar-refractivity contribution in [3.8, 4) is 0 Å². The molecule has 0 amide bonds. The standard InChI is InChI=1S/C16H23NO2/c1-11(2)10-12-4-6-13(7-5-12)14(17)16(15(18)19)8-3-9-16/h4-7,11,14H,3,8-10,17H2,1-2H3,(H,18,19). The molecule has 1 aliphatic carbocycles. The lowest BCUT2D eigenvalue weighted by atomic mass is 9.62. The van der Waals surface area contributed by atoms with Crippen molar-refractivity contribution >= 4 is 5.97 Å². The molecule has 0 heterocycles. The van der Waals surface area contributed by atoms with Crippen molar-refractivity contribution < 1.29 is 9.90 Å². The van der Waals surface area contributed by atoms with Crippen molar-refractivity contribution in [2.24, 2.45) is 17.1 Å².